The Balaban J connectivity index is 1.63. The number of hydrogen-bond donors (Lipinski definition) is 1. The lowest BCUT2D eigenvalue weighted by Crippen LogP contribution is -2.20. The van der Waals surface area contributed by atoms with Crippen molar-refractivity contribution in [3.8, 4) is 0 Å². The van der Waals surface area contributed by atoms with Crippen molar-refractivity contribution in [1.29, 1.82) is 0 Å². The Bertz CT molecular complexity index is 1050. The van der Waals surface area contributed by atoms with Crippen molar-refractivity contribution in [3.63, 3.8) is 0 Å². The van der Waals surface area contributed by atoms with Crippen molar-refractivity contribution in [3.05, 3.63) is 88.6 Å². The second kappa shape index (κ2) is 7.59. The molecule has 1 atom stereocenters. The van der Waals surface area contributed by atoms with Crippen LogP contribution in [0.4, 0.5) is 0 Å². The zero-order valence-corrected chi connectivity index (χ0v) is 16.2. The molecule has 4 aromatic rings. The highest BCUT2D eigenvalue weighted by Crippen LogP contribution is 2.23. The van der Waals surface area contributed by atoms with Crippen LogP contribution in [-0.2, 0) is 13.1 Å². The third-order valence-electron chi connectivity index (χ3n) is 4.73. The zero-order chi connectivity index (χ0) is 18.8. The molecule has 1 unspecified atom stereocenters. The van der Waals surface area contributed by atoms with Gasteiger partial charge in [-0.2, -0.15) is 0 Å². The predicted molar refractivity (Wildman–Crippen MR) is 109 cm³/mol. The first-order chi connectivity index (χ1) is 13.1. The van der Waals surface area contributed by atoms with Crippen LogP contribution in [0.2, 0.25) is 5.02 Å². The summed E-state index contributed by atoms with van der Waals surface area (Å²) in [4.78, 5) is 4.83. The summed E-state index contributed by atoms with van der Waals surface area (Å²) < 4.78 is 7.97. The number of imidazole rings is 1. The molecule has 0 spiro atoms. The van der Waals surface area contributed by atoms with E-state index in [0.717, 1.165) is 34.9 Å². The molecule has 138 valence electrons. The highest BCUT2D eigenvalue weighted by Gasteiger charge is 2.14. The quantitative estimate of drug-likeness (QED) is 0.481. The lowest BCUT2D eigenvalue weighted by molar-refractivity contribution is 0.411. The van der Waals surface area contributed by atoms with Crippen LogP contribution in [0.25, 0.3) is 11.0 Å². The van der Waals surface area contributed by atoms with Gasteiger partial charge in [0.1, 0.15) is 17.3 Å². The highest BCUT2D eigenvalue weighted by molar-refractivity contribution is 6.31. The number of fused-ring (bicyclic) bond motifs is 1. The lowest BCUT2D eigenvalue weighted by atomic mass is 10.2. The molecule has 5 heteroatoms. The minimum absolute atomic E-state index is 0.104. The number of furan rings is 1. The largest absolute Gasteiger partial charge is 0.465 e. The average molecular weight is 380 g/mol. The molecule has 4 nitrogen and oxygen atoms in total. The molecule has 0 radical (unpaired) electrons. The van der Waals surface area contributed by atoms with Crippen LogP contribution in [0.15, 0.2) is 65.1 Å². The Morgan fingerprint density at radius 1 is 1.11 bits per heavy atom. The van der Waals surface area contributed by atoms with Gasteiger partial charge in [0, 0.05) is 11.6 Å². The third-order valence-corrected chi connectivity index (χ3v) is 4.96. The van der Waals surface area contributed by atoms with Crippen LogP contribution in [0.5, 0.6) is 0 Å². The number of nitrogens with zero attached hydrogens (tertiary/aromatic N) is 2. The fourth-order valence-corrected chi connectivity index (χ4v) is 3.43. The van der Waals surface area contributed by atoms with Gasteiger partial charge < -0.3 is 14.3 Å². The predicted octanol–water partition coefficient (Wildman–Crippen LogP) is 5.49. The summed E-state index contributed by atoms with van der Waals surface area (Å²) >= 11 is 6.17. The van der Waals surface area contributed by atoms with E-state index in [-0.39, 0.29) is 6.04 Å². The van der Waals surface area contributed by atoms with E-state index >= 15 is 0 Å². The number of benzene rings is 2. The molecule has 0 aliphatic carbocycles. The van der Waals surface area contributed by atoms with Gasteiger partial charge in [-0.3, -0.25) is 0 Å². The topological polar surface area (TPSA) is 43.0 Å². The second-order valence-corrected chi connectivity index (χ2v) is 7.22. The molecule has 0 aliphatic rings. The molecule has 0 bridgehead atoms. The van der Waals surface area contributed by atoms with Gasteiger partial charge in [-0.1, -0.05) is 41.9 Å². The van der Waals surface area contributed by atoms with Gasteiger partial charge in [0.15, 0.2) is 0 Å². The van der Waals surface area contributed by atoms with Crippen LogP contribution in [-0.4, -0.2) is 9.55 Å². The summed E-state index contributed by atoms with van der Waals surface area (Å²) in [5, 5.41) is 4.22. The first-order valence-electron chi connectivity index (χ1n) is 9.08. The van der Waals surface area contributed by atoms with Gasteiger partial charge in [-0.05, 0) is 49.7 Å². The monoisotopic (exact) mass is 379 g/mol. The first kappa shape index (κ1) is 17.8. The molecule has 0 saturated heterocycles. The summed E-state index contributed by atoms with van der Waals surface area (Å²) in [6, 6.07) is 20.4. The van der Waals surface area contributed by atoms with E-state index in [1.165, 1.54) is 5.56 Å². The number of rotatable bonds is 6. The minimum atomic E-state index is 0.104. The SMILES string of the molecule is Cc1ccc(C(C)NCc2nc3cc(Cl)ccc3n2Cc2ccccc2)o1. The molecule has 1 N–H and O–H groups in total. The summed E-state index contributed by atoms with van der Waals surface area (Å²) in [5.74, 6) is 2.83. The number of aromatic nitrogens is 2. The third kappa shape index (κ3) is 3.92. The molecule has 2 aromatic heterocycles. The summed E-state index contributed by atoms with van der Waals surface area (Å²) in [6.07, 6.45) is 0. The second-order valence-electron chi connectivity index (χ2n) is 6.78. The van der Waals surface area contributed by atoms with Crippen LogP contribution < -0.4 is 5.32 Å². The summed E-state index contributed by atoms with van der Waals surface area (Å²) in [7, 11) is 0. The smallest absolute Gasteiger partial charge is 0.124 e. The molecule has 2 aromatic carbocycles. The Hall–Kier alpha value is -2.56. The Morgan fingerprint density at radius 3 is 2.67 bits per heavy atom. The molecule has 4 rings (SSSR count). The van der Waals surface area contributed by atoms with Crippen LogP contribution in [0, 0.1) is 6.92 Å². The Labute approximate surface area is 163 Å². The van der Waals surface area contributed by atoms with E-state index in [4.69, 9.17) is 21.0 Å². The molecular weight excluding hydrogens is 358 g/mol. The van der Waals surface area contributed by atoms with Crippen molar-refractivity contribution in [2.75, 3.05) is 0 Å². The molecule has 0 saturated carbocycles. The van der Waals surface area contributed by atoms with Crippen molar-refractivity contribution in [2.45, 2.75) is 33.0 Å². The number of hydrogen-bond acceptors (Lipinski definition) is 3. The maximum atomic E-state index is 6.17. The number of aryl methyl sites for hydroxylation is 1. The van der Waals surface area contributed by atoms with Crippen molar-refractivity contribution in [2.24, 2.45) is 0 Å². The van der Waals surface area contributed by atoms with Gasteiger partial charge >= 0.3 is 0 Å². The molecule has 0 fully saturated rings. The van der Waals surface area contributed by atoms with Crippen LogP contribution >= 0.6 is 11.6 Å². The molecule has 0 amide bonds. The van der Waals surface area contributed by atoms with Gasteiger partial charge in [0.25, 0.3) is 0 Å². The standard InChI is InChI=1S/C22H22ClN3O/c1-15-8-11-21(27-15)16(2)24-13-22-25-19-12-18(23)9-10-20(19)26(22)14-17-6-4-3-5-7-17/h3-12,16,24H,13-14H2,1-2H3. The van der Waals surface area contributed by atoms with Gasteiger partial charge in [0.05, 0.1) is 23.6 Å². The molecule has 2 heterocycles. The minimum Gasteiger partial charge on any atom is -0.465 e. The van der Waals surface area contributed by atoms with Crippen molar-refractivity contribution in [1.82, 2.24) is 14.9 Å². The van der Waals surface area contributed by atoms with E-state index < -0.39 is 0 Å². The van der Waals surface area contributed by atoms with Gasteiger partial charge in [-0.25, -0.2) is 4.98 Å². The maximum Gasteiger partial charge on any atom is 0.124 e. The zero-order valence-electron chi connectivity index (χ0n) is 15.4. The number of nitrogens with one attached hydrogen (secondary N) is 1. The fourth-order valence-electron chi connectivity index (χ4n) is 3.26. The summed E-state index contributed by atoms with van der Waals surface area (Å²) in [6.45, 7) is 5.46. The molecule has 27 heavy (non-hydrogen) atoms. The van der Waals surface area contributed by atoms with Crippen molar-refractivity contribution >= 4 is 22.6 Å². The lowest BCUT2D eigenvalue weighted by Gasteiger charge is -2.13. The van der Waals surface area contributed by atoms with Gasteiger partial charge in [-0.15, -0.1) is 0 Å². The van der Waals surface area contributed by atoms with Gasteiger partial charge in [0.2, 0.25) is 0 Å². The summed E-state index contributed by atoms with van der Waals surface area (Å²) in [5.41, 5.74) is 3.24. The average Bonchev–Trinajstić information content (AvgIpc) is 3.24. The maximum absolute atomic E-state index is 6.17. The van der Waals surface area contributed by atoms with Crippen LogP contribution in [0.1, 0.15) is 35.9 Å². The normalized spacial score (nSPS) is 12.6. The number of halogens is 1. The van der Waals surface area contributed by atoms with E-state index in [2.05, 4.69) is 41.1 Å². The van der Waals surface area contributed by atoms with Crippen LogP contribution in [0.3, 0.4) is 0 Å². The van der Waals surface area contributed by atoms with Crippen molar-refractivity contribution < 1.29 is 4.42 Å². The molecule has 0 aliphatic heterocycles. The first-order valence-corrected chi connectivity index (χ1v) is 9.46. The van der Waals surface area contributed by atoms with E-state index in [9.17, 15) is 0 Å². The fraction of sp³-hybridized carbons (Fsp3) is 0.227. The van der Waals surface area contributed by atoms with E-state index in [0.29, 0.717) is 11.6 Å². The van der Waals surface area contributed by atoms with E-state index in [1.807, 2.05) is 43.3 Å². The highest BCUT2D eigenvalue weighted by atomic mass is 35.5. The Kier molecular flexibility index (Phi) is 5.01. The molecular formula is C22H22ClN3O. The Morgan fingerprint density at radius 2 is 1.93 bits per heavy atom. The van der Waals surface area contributed by atoms with E-state index in [1.54, 1.807) is 0 Å².